The molecule has 0 aliphatic rings. The first-order chi connectivity index (χ1) is 8.40. The van der Waals surface area contributed by atoms with Crippen LogP contribution in [0.1, 0.15) is 5.56 Å². The number of benzene rings is 1. The molecule has 84 valence electrons. The molecule has 3 heteroatoms. The van der Waals surface area contributed by atoms with Gasteiger partial charge in [0.1, 0.15) is 6.29 Å². The first-order valence-electron chi connectivity index (χ1n) is 5.29. The lowest BCUT2D eigenvalue weighted by molar-refractivity contribution is -0.104. The van der Waals surface area contributed by atoms with Crippen LogP contribution in [0.5, 0.6) is 0 Å². The highest BCUT2D eigenvalue weighted by Gasteiger charge is 1.94. The van der Waals surface area contributed by atoms with Crippen molar-refractivity contribution in [2.24, 2.45) is 0 Å². The van der Waals surface area contributed by atoms with E-state index in [-0.39, 0.29) is 0 Å². The standard InChI is InChI=1S/C14H12N2O/c17-12-3-1-2-5-13-6-8-14(9-7-13)16-11-4-10-15-16/h1-12H/b3-1+,5-2+. The molecule has 2 rings (SSSR count). The van der Waals surface area contributed by atoms with Crippen LogP contribution in [0.15, 0.2) is 61.0 Å². The largest absolute Gasteiger partial charge is 0.299 e. The van der Waals surface area contributed by atoms with Crippen LogP contribution < -0.4 is 0 Å². The van der Waals surface area contributed by atoms with Crippen molar-refractivity contribution in [1.29, 1.82) is 0 Å². The maximum absolute atomic E-state index is 10.1. The molecule has 17 heavy (non-hydrogen) atoms. The molecule has 1 aromatic heterocycles. The molecule has 0 unspecified atom stereocenters. The van der Waals surface area contributed by atoms with Gasteiger partial charge in [0.2, 0.25) is 0 Å². The summed E-state index contributed by atoms with van der Waals surface area (Å²) in [7, 11) is 0. The fourth-order valence-corrected chi connectivity index (χ4v) is 1.44. The minimum absolute atomic E-state index is 0.755. The molecule has 2 aromatic rings. The zero-order valence-electron chi connectivity index (χ0n) is 9.23. The Morgan fingerprint density at radius 3 is 2.53 bits per heavy atom. The van der Waals surface area contributed by atoms with E-state index in [1.165, 1.54) is 6.08 Å². The van der Waals surface area contributed by atoms with Gasteiger partial charge in [-0.25, -0.2) is 4.68 Å². The minimum atomic E-state index is 0.755. The van der Waals surface area contributed by atoms with Gasteiger partial charge in [0.05, 0.1) is 5.69 Å². The highest BCUT2D eigenvalue weighted by molar-refractivity contribution is 5.66. The summed E-state index contributed by atoms with van der Waals surface area (Å²) in [4.78, 5) is 10.1. The van der Waals surface area contributed by atoms with E-state index in [0.717, 1.165) is 17.5 Å². The molecule has 0 amide bonds. The van der Waals surface area contributed by atoms with Crippen molar-refractivity contribution in [3.8, 4) is 5.69 Å². The van der Waals surface area contributed by atoms with Gasteiger partial charge in [0.25, 0.3) is 0 Å². The molecule has 0 radical (unpaired) electrons. The fraction of sp³-hybridized carbons (Fsp3) is 0. The van der Waals surface area contributed by atoms with Gasteiger partial charge < -0.3 is 0 Å². The van der Waals surface area contributed by atoms with Crippen molar-refractivity contribution in [2.45, 2.75) is 0 Å². The summed E-state index contributed by atoms with van der Waals surface area (Å²) in [6.45, 7) is 0. The monoisotopic (exact) mass is 224 g/mol. The molecule has 1 aromatic carbocycles. The number of rotatable bonds is 4. The summed E-state index contributed by atoms with van der Waals surface area (Å²) in [6.07, 6.45) is 11.3. The van der Waals surface area contributed by atoms with E-state index in [1.54, 1.807) is 17.0 Å². The van der Waals surface area contributed by atoms with E-state index in [2.05, 4.69) is 5.10 Å². The minimum Gasteiger partial charge on any atom is -0.299 e. The number of carbonyl (C=O) groups excluding carboxylic acids is 1. The second-order valence-corrected chi connectivity index (χ2v) is 3.42. The van der Waals surface area contributed by atoms with Gasteiger partial charge >= 0.3 is 0 Å². The third-order valence-corrected chi connectivity index (χ3v) is 2.25. The predicted molar refractivity (Wildman–Crippen MR) is 67.8 cm³/mol. The lowest BCUT2D eigenvalue weighted by Crippen LogP contribution is -1.93. The van der Waals surface area contributed by atoms with Crippen molar-refractivity contribution in [2.75, 3.05) is 0 Å². The van der Waals surface area contributed by atoms with E-state index in [9.17, 15) is 4.79 Å². The Hall–Kier alpha value is -2.42. The van der Waals surface area contributed by atoms with Crippen LogP contribution in [0.25, 0.3) is 11.8 Å². The van der Waals surface area contributed by atoms with E-state index < -0.39 is 0 Å². The number of nitrogens with zero attached hydrogens (tertiary/aromatic N) is 2. The SMILES string of the molecule is O=C/C=C/C=C/c1ccc(-n2cccn2)cc1. The Balaban J connectivity index is 2.11. The Kier molecular flexibility index (Phi) is 3.65. The van der Waals surface area contributed by atoms with Crippen molar-refractivity contribution >= 4 is 12.4 Å². The van der Waals surface area contributed by atoms with Gasteiger partial charge in [-0.15, -0.1) is 0 Å². The van der Waals surface area contributed by atoms with Crippen molar-refractivity contribution < 1.29 is 4.79 Å². The van der Waals surface area contributed by atoms with Gasteiger partial charge in [-0.3, -0.25) is 4.79 Å². The van der Waals surface area contributed by atoms with Crippen LogP contribution in [0.2, 0.25) is 0 Å². The molecule has 0 aliphatic heterocycles. The maximum Gasteiger partial charge on any atom is 0.142 e. The Morgan fingerprint density at radius 2 is 1.88 bits per heavy atom. The number of hydrogen-bond acceptors (Lipinski definition) is 2. The number of aromatic nitrogens is 2. The molecule has 0 saturated heterocycles. The van der Waals surface area contributed by atoms with Crippen LogP contribution in [-0.4, -0.2) is 16.1 Å². The summed E-state index contributed by atoms with van der Waals surface area (Å²) >= 11 is 0. The summed E-state index contributed by atoms with van der Waals surface area (Å²) in [5.41, 5.74) is 2.10. The van der Waals surface area contributed by atoms with Gasteiger partial charge in [0.15, 0.2) is 0 Å². The van der Waals surface area contributed by atoms with Crippen LogP contribution >= 0.6 is 0 Å². The summed E-state index contributed by atoms with van der Waals surface area (Å²) in [5.74, 6) is 0. The van der Waals surface area contributed by atoms with Gasteiger partial charge in [-0.2, -0.15) is 5.10 Å². The topological polar surface area (TPSA) is 34.9 Å². The molecule has 3 nitrogen and oxygen atoms in total. The van der Waals surface area contributed by atoms with Gasteiger partial charge in [0, 0.05) is 12.4 Å². The maximum atomic E-state index is 10.1. The molecule has 0 atom stereocenters. The summed E-state index contributed by atoms with van der Waals surface area (Å²) < 4.78 is 1.81. The Bertz CT molecular complexity index is 522. The van der Waals surface area contributed by atoms with Crippen molar-refractivity contribution in [3.63, 3.8) is 0 Å². The number of aldehydes is 1. The van der Waals surface area contributed by atoms with Crippen LogP contribution in [0.3, 0.4) is 0 Å². The fourth-order valence-electron chi connectivity index (χ4n) is 1.44. The van der Waals surface area contributed by atoms with Gasteiger partial charge in [-0.1, -0.05) is 30.4 Å². The average Bonchev–Trinajstić information content (AvgIpc) is 2.89. The van der Waals surface area contributed by atoms with Crippen LogP contribution in [0, 0.1) is 0 Å². The van der Waals surface area contributed by atoms with E-state index in [4.69, 9.17) is 0 Å². The molecular formula is C14H12N2O. The normalized spacial score (nSPS) is 11.3. The molecule has 0 N–H and O–H groups in total. The molecule has 0 spiro atoms. The number of hydrogen-bond donors (Lipinski definition) is 0. The van der Waals surface area contributed by atoms with E-state index >= 15 is 0 Å². The molecular weight excluding hydrogens is 212 g/mol. The second kappa shape index (κ2) is 5.61. The third-order valence-electron chi connectivity index (χ3n) is 2.25. The molecule has 1 heterocycles. The third kappa shape index (κ3) is 3.01. The highest BCUT2D eigenvalue weighted by Crippen LogP contribution is 2.09. The quantitative estimate of drug-likeness (QED) is 0.454. The first-order valence-corrected chi connectivity index (χ1v) is 5.29. The highest BCUT2D eigenvalue weighted by atomic mass is 16.1. The second-order valence-electron chi connectivity index (χ2n) is 3.42. The Morgan fingerprint density at radius 1 is 1.06 bits per heavy atom. The smallest absolute Gasteiger partial charge is 0.142 e. The zero-order chi connectivity index (χ0) is 11.9. The lowest BCUT2D eigenvalue weighted by Gasteiger charge is -2.00. The van der Waals surface area contributed by atoms with Crippen LogP contribution in [-0.2, 0) is 4.79 Å². The number of allylic oxidation sites excluding steroid dienone is 3. The van der Waals surface area contributed by atoms with E-state index in [0.29, 0.717) is 0 Å². The first kappa shape index (κ1) is 11.1. The molecule has 0 bridgehead atoms. The van der Waals surface area contributed by atoms with Gasteiger partial charge in [-0.05, 0) is 29.8 Å². The zero-order valence-corrected chi connectivity index (χ0v) is 9.23. The average molecular weight is 224 g/mol. The molecule has 0 saturated carbocycles. The van der Waals surface area contributed by atoms with Crippen molar-refractivity contribution in [3.05, 3.63) is 66.5 Å². The number of carbonyl (C=O) groups is 1. The van der Waals surface area contributed by atoms with E-state index in [1.807, 2.05) is 48.7 Å². The molecule has 0 aliphatic carbocycles. The Labute approximate surface area is 99.7 Å². The summed E-state index contributed by atoms with van der Waals surface area (Å²) in [5, 5.41) is 4.15. The molecule has 0 fully saturated rings. The lowest BCUT2D eigenvalue weighted by atomic mass is 10.2. The predicted octanol–water partition coefficient (Wildman–Crippen LogP) is 2.64. The summed E-state index contributed by atoms with van der Waals surface area (Å²) in [6, 6.07) is 9.88. The van der Waals surface area contributed by atoms with Crippen molar-refractivity contribution in [1.82, 2.24) is 9.78 Å². The van der Waals surface area contributed by atoms with Crippen LogP contribution in [0.4, 0.5) is 0 Å².